The van der Waals surface area contributed by atoms with Crippen LogP contribution < -0.4 is 5.32 Å². The average molecular weight is 252 g/mol. The van der Waals surface area contributed by atoms with Crippen LogP contribution in [0.5, 0.6) is 5.75 Å². The number of hydrogen-bond acceptors (Lipinski definition) is 3. The number of urea groups is 1. The highest BCUT2D eigenvalue weighted by Crippen LogP contribution is 2.11. The molecule has 3 N–H and O–H groups in total. The number of phenols is 1. The van der Waals surface area contributed by atoms with E-state index in [0.29, 0.717) is 0 Å². The first-order valence-electron chi connectivity index (χ1n) is 5.38. The Kier molecular flexibility index (Phi) is 4.53. The number of aliphatic carboxylic acids is 1. The van der Waals surface area contributed by atoms with Crippen molar-refractivity contribution in [3.63, 3.8) is 0 Å². The Hall–Kier alpha value is -2.24. The van der Waals surface area contributed by atoms with Gasteiger partial charge in [0.05, 0.1) is 0 Å². The standard InChI is InChI=1S/C12H16N2O4/c1-14(2)12(18)13-10(11(16)17)7-8-3-5-9(15)6-4-8/h3-6,10,15H,7H2,1-2H3,(H,13,18)(H,16,17)/t10-/m1/s1. The second-order valence-corrected chi connectivity index (χ2v) is 4.11. The van der Waals surface area contributed by atoms with Gasteiger partial charge in [0.2, 0.25) is 0 Å². The van der Waals surface area contributed by atoms with Crippen molar-refractivity contribution < 1.29 is 19.8 Å². The van der Waals surface area contributed by atoms with Crippen LogP contribution in [0.4, 0.5) is 4.79 Å². The molecular formula is C12H16N2O4. The number of carboxylic acid groups (broad SMARTS) is 1. The Balaban J connectivity index is 2.72. The second kappa shape index (κ2) is 5.90. The topological polar surface area (TPSA) is 89.9 Å². The van der Waals surface area contributed by atoms with Gasteiger partial charge in [0.25, 0.3) is 0 Å². The van der Waals surface area contributed by atoms with Crippen LogP contribution in [-0.4, -0.2) is 47.3 Å². The zero-order valence-corrected chi connectivity index (χ0v) is 10.3. The van der Waals surface area contributed by atoms with Gasteiger partial charge >= 0.3 is 12.0 Å². The van der Waals surface area contributed by atoms with Crippen molar-refractivity contribution in [3.8, 4) is 5.75 Å². The maximum Gasteiger partial charge on any atom is 0.326 e. The largest absolute Gasteiger partial charge is 0.508 e. The van der Waals surface area contributed by atoms with E-state index in [-0.39, 0.29) is 12.2 Å². The van der Waals surface area contributed by atoms with E-state index in [9.17, 15) is 9.59 Å². The maximum atomic E-state index is 11.4. The lowest BCUT2D eigenvalue weighted by Crippen LogP contribution is -2.46. The summed E-state index contributed by atoms with van der Waals surface area (Å²) in [7, 11) is 3.07. The third-order valence-corrected chi connectivity index (χ3v) is 2.38. The lowest BCUT2D eigenvalue weighted by atomic mass is 10.1. The van der Waals surface area contributed by atoms with E-state index in [1.54, 1.807) is 12.1 Å². The van der Waals surface area contributed by atoms with Gasteiger partial charge in [-0.15, -0.1) is 0 Å². The first-order chi connectivity index (χ1) is 8.40. The van der Waals surface area contributed by atoms with Crippen molar-refractivity contribution in [1.29, 1.82) is 0 Å². The molecule has 1 aromatic carbocycles. The molecule has 1 aromatic rings. The summed E-state index contributed by atoms with van der Waals surface area (Å²) in [5, 5.41) is 20.6. The quantitative estimate of drug-likeness (QED) is 0.734. The van der Waals surface area contributed by atoms with Gasteiger partial charge in [-0.1, -0.05) is 12.1 Å². The molecule has 0 radical (unpaired) electrons. The summed E-state index contributed by atoms with van der Waals surface area (Å²) in [5.74, 6) is -0.985. The number of phenolic OH excluding ortho intramolecular Hbond substituents is 1. The van der Waals surface area contributed by atoms with Crippen LogP contribution in [0.15, 0.2) is 24.3 Å². The summed E-state index contributed by atoms with van der Waals surface area (Å²) in [6, 6.07) is 4.73. The molecule has 6 nitrogen and oxygen atoms in total. The molecule has 1 atom stereocenters. The van der Waals surface area contributed by atoms with Crippen LogP contribution in [0.1, 0.15) is 5.56 Å². The molecule has 0 aromatic heterocycles. The van der Waals surface area contributed by atoms with Gasteiger partial charge in [-0.05, 0) is 17.7 Å². The van der Waals surface area contributed by atoms with Crippen LogP contribution in [0.2, 0.25) is 0 Å². The van der Waals surface area contributed by atoms with Crippen molar-refractivity contribution >= 4 is 12.0 Å². The third-order valence-electron chi connectivity index (χ3n) is 2.38. The van der Waals surface area contributed by atoms with E-state index in [0.717, 1.165) is 5.56 Å². The van der Waals surface area contributed by atoms with Gasteiger partial charge in [-0.3, -0.25) is 0 Å². The highest BCUT2D eigenvalue weighted by molar-refractivity contribution is 5.82. The highest BCUT2D eigenvalue weighted by atomic mass is 16.4. The Morgan fingerprint density at radius 1 is 1.28 bits per heavy atom. The number of benzene rings is 1. The van der Waals surface area contributed by atoms with Crippen molar-refractivity contribution in [2.75, 3.05) is 14.1 Å². The Labute approximate surface area is 105 Å². The predicted molar refractivity (Wildman–Crippen MR) is 65.5 cm³/mol. The number of carbonyl (C=O) groups is 2. The zero-order chi connectivity index (χ0) is 13.7. The molecule has 6 heteroatoms. The lowest BCUT2D eigenvalue weighted by molar-refractivity contribution is -0.139. The lowest BCUT2D eigenvalue weighted by Gasteiger charge is -2.18. The number of carboxylic acids is 1. The summed E-state index contributed by atoms with van der Waals surface area (Å²) in [4.78, 5) is 23.7. The summed E-state index contributed by atoms with van der Waals surface area (Å²) in [6.45, 7) is 0. The minimum atomic E-state index is -1.10. The zero-order valence-electron chi connectivity index (χ0n) is 10.3. The van der Waals surface area contributed by atoms with Crippen molar-refractivity contribution in [2.45, 2.75) is 12.5 Å². The molecule has 18 heavy (non-hydrogen) atoms. The molecule has 0 aliphatic carbocycles. The van der Waals surface area contributed by atoms with Crippen LogP contribution in [0.3, 0.4) is 0 Å². The summed E-state index contributed by atoms with van der Waals surface area (Å²) < 4.78 is 0. The van der Waals surface area contributed by atoms with E-state index in [1.807, 2.05) is 0 Å². The summed E-state index contributed by atoms with van der Waals surface area (Å²) >= 11 is 0. The monoisotopic (exact) mass is 252 g/mol. The van der Waals surface area contributed by atoms with Crippen LogP contribution in [0.25, 0.3) is 0 Å². The normalized spacial score (nSPS) is 11.7. The van der Waals surface area contributed by atoms with Crippen molar-refractivity contribution in [3.05, 3.63) is 29.8 Å². The molecule has 1 rings (SSSR count). The molecule has 0 saturated carbocycles. The maximum absolute atomic E-state index is 11.4. The van der Waals surface area contributed by atoms with Crippen molar-refractivity contribution in [1.82, 2.24) is 10.2 Å². The number of aromatic hydroxyl groups is 1. The van der Waals surface area contributed by atoms with Gasteiger partial charge in [0.15, 0.2) is 0 Å². The summed E-state index contributed by atoms with van der Waals surface area (Å²) in [5.41, 5.74) is 0.722. The smallest absolute Gasteiger partial charge is 0.326 e. The minimum Gasteiger partial charge on any atom is -0.508 e. The first kappa shape index (κ1) is 13.8. The predicted octanol–water partition coefficient (Wildman–Crippen LogP) is 0.659. The highest BCUT2D eigenvalue weighted by Gasteiger charge is 2.21. The molecule has 0 aliphatic rings. The van der Waals surface area contributed by atoms with Gasteiger partial charge in [0, 0.05) is 20.5 Å². The molecule has 0 bridgehead atoms. The van der Waals surface area contributed by atoms with Gasteiger partial charge in [-0.2, -0.15) is 0 Å². The number of carbonyl (C=O) groups excluding carboxylic acids is 1. The molecule has 0 unspecified atom stereocenters. The fourth-order valence-electron chi connectivity index (χ4n) is 1.35. The molecule has 0 spiro atoms. The number of nitrogens with one attached hydrogen (secondary N) is 1. The minimum absolute atomic E-state index is 0.114. The van der Waals surface area contributed by atoms with E-state index in [4.69, 9.17) is 10.2 Å². The molecular weight excluding hydrogens is 236 g/mol. The van der Waals surface area contributed by atoms with E-state index in [2.05, 4.69) is 5.32 Å². The fourth-order valence-corrected chi connectivity index (χ4v) is 1.35. The molecule has 0 saturated heterocycles. The SMILES string of the molecule is CN(C)C(=O)N[C@H](Cc1ccc(O)cc1)C(=O)O. The Morgan fingerprint density at radius 3 is 2.28 bits per heavy atom. The average Bonchev–Trinajstić information content (AvgIpc) is 2.30. The van der Waals surface area contributed by atoms with Crippen molar-refractivity contribution in [2.24, 2.45) is 0 Å². The molecule has 0 heterocycles. The number of rotatable bonds is 4. The van der Waals surface area contributed by atoms with E-state index < -0.39 is 18.0 Å². The number of amides is 2. The fraction of sp³-hybridized carbons (Fsp3) is 0.333. The first-order valence-corrected chi connectivity index (χ1v) is 5.38. The third kappa shape index (κ3) is 3.97. The van der Waals surface area contributed by atoms with Crippen LogP contribution >= 0.6 is 0 Å². The Bertz CT molecular complexity index is 428. The molecule has 0 aliphatic heterocycles. The van der Waals surface area contributed by atoms with E-state index in [1.165, 1.54) is 31.1 Å². The summed E-state index contributed by atoms with van der Waals surface area (Å²) in [6.07, 6.45) is 0.162. The van der Waals surface area contributed by atoms with Gasteiger partial charge < -0.3 is 20.4 Å². The van der Waals surface area contributed by atoms with Gasteiger partial charge in [-0.25, -0.2) is 9.59 Å². The van der Waals surface area contributed by atoms with Gasteiger partial charge in [0.1, 0.15) is 11.8 Å². The number of hydrogen-bond donors (Lipinski definition) is 3. The second-order valence-electron chi connectivity index (χ2n) is 4.11. The van der Waals surface area contributed by atoms with Crippen LogP contribution in [0, 0.1) is 0 Å². The number of nitrogens with zero attached hydrogens (tertiary/aromatic N) is 1. The van der Waals surface area contributed by atoms with E-state index >= 15 is 0 Å². The molecule has 2 amide bonds. The Morgan fingerprint density at radius 2 is 1.83 bits per heavy atom. The molecule has 98 valence electrons. The molecule has 0 fully saturated rings. The van der Waals surface area contributed by atoms with Crippen LogP contribution in [-0.2, 0) is 11.2 Å².